The lowest BCUT2D eigenvalue weighted by Gasteiger charge is -2.34. The summed E-state index contributed by atoms with van der Waals surface area (Å²) in [5.74, 6) is -0.449. The van der Waals surface area contributed by atoms with E-state index in [0.29, 0.717) is 36.2 Å². The summed E-state index contributed by atoms with van der Waals surface area (Å²) < 4.78 is 17.4. The van der Waals surface area contributed by atoms with Crippen molar-refractivity contribution in [1.82, 2.24) is 15.3 Å². The van der Waals surface area contributed by atoms with Gasteiger partial charge in [0.05, 0.1) is 50.9 Å². The van der Waals surface area contributed by atoms with Crippen LogP contribution in [0.5, 0.6) is 0 Å². The molecule has 0 bridgehead atoms. The van der Waals surface area contributed by atoms with Crippen LogP contribution in [0.4, 0.5) is 0 Å². The van der Waals surface area contributed by atoms with Gasteiger partial charge in [0.15, 0.2) is 5.78 Å². The molecule has 11 heteroatoms. The molecule has 0 aliphatic rings. The van der Waals surface area contributed by atoms with E-state index < -0.39 is 11.4 Å². The topological polar surface area (TPSA) is 151 Å². The van der Waals surface area contributed by atoms with E-state index in [1.807, 2.05) is 0 Å². The van der Waals surface area contributed by atoms with Crippen molar-refractivity contribution in [1.29, 1.82) is 0 Å². The van der Waals surface area contributed by atoms with Crippen LogP contribution in [-0.2, 0) is 28.6 Å². The van der Waals surface area contributed by atoms with Crippen molar-refractivity contribution in [2.45, 2.75) is 71.8 Å². The molecule has 2 heterocycles. The zero-order chi connectivity index (χ0) is 31.7. The van der Waals surface area contributed by atoms with Gasteiger partial charge in [0.25, 0.3) is 5.91 Å². The van der Waals surface area contributed by atoms with Crippen LogP contribution in [0.3, 0.4) is 0 Å². The van der Waals surface area contributed by atoms with Gasteiger partial charge in [-0.15, -0.1) is 0 Å². The molecular formula is C32H43N3O8. The molecule has 0 aliphatic heterocycles. The summed E-state index contributed by atoms with van der Waals surface area (Å²) in [5, 5.41) is 2.97. The molecule has 1 N–H and O–H groups in total. The predicted molar refractivity (Wildman–Crippen MR) is 160 cm³/mol. The summed E-state index contributed by atoms with van der Waals surface area (Å²) in [7, 11) is 0. The Morgan fingerprint density at radius 3 is 1.74 bits per heavy atom. The first-order chi connectivity index (χ1) is 20.6. The van der Waals surface area contributed by atoms with E-state index >= 15 is 0 Å². The van der Waals surface area contributed by atoms with Crippen molar-refractivity contribution >= 4 is 29.0 Å². The molecule has 0 spiro atoms. The molecule has 1 amide bonds. The number of carbonyl (C=O) groups excluding carboxylic acids is 5. The van der Waals surface area contributed by atoms with E-state index in [-0.39, 0.29) is 87.6 Å². The Bertz CT molecular complexity index is 1190. The molecule has 0 radical (unpaired) electrons. The van der Waals surface area contributed by atoms with Crippen LogP contribution in [-0.4, -0.2) is 84.2 Å². The Morgan fingerprint density at radius 1 is 0.721 bits per heavy atom. The largest absolute Gasteiger partial charge is 0.378 e. The SMILES string of the molecule is CCC(=O)CCOCC(COCCC(C)=O)(COCCC(=O)CC)NC(=O)c1ccc(-c2ccc(C(=O)CC)nc2)nc1. The fourth-order valence-corrected chi connectivity index (χ4v) is 3.88. The van der Waals surface area contributed by atoms with Crippen LogP contribution in [0.2, 0.25) is 0 Å². The van der Waals surface area contributed by atoms with Crippen LogP contribution in [0.15, 0.2) is 36.7 Å². The molecule has 11 nitrogen and oxygen atoms in total. The lowest BCUT2D eigenvalue weighted by molar-refractivity contribution is -0.120. The first-order valence-electron chi connectivity index (χ1n) is 14.7. The molecule has 0 fully saturated rings. The Kier molecular flexibility index (Phi) is 15.5. The van der Waals surface area contributed by atoms with Gasteiger partial charge in [-0.2, -0.15) is 0 Å². The highest BCUT2D eigenvalue weighted by Crippen LogP contribution is 2.18. The van der Waals surface area contributed by atoms with E-state index in [1.54, 1.807) is 51.2 Å². The Morgan fingerprint density at radius 2 is 1.30 bits per heavy atom. The number of nitrogens with one attached hydrogen (secondary N) is 1. The molecule has 2 rings (SSSR count). The highest BCUT2D eigenvalue weighted by atomic mass is 16.5. The molecule has 0 unspecified atom stereocenters. The first kappa shape index (κ1) is 35.5. The van der Waals surface area contributed by atoms with E-state index in [1.165, 1.54) is 13.1 Å². The summed E-state index contributed by atoms with van der Waals surface area (Å²) in [4.78, 5) is 68.9. The summed E-state index contributed by atoms with van der Waals surface area (Å²) in [6.45, 7) is 7.14. The van der Waals surface area contributed by atoms with Gasteiger partial charge in [-0.1, -0.05) is 20.8 Å². The summed E-state index contributed by atoms with van der Waals surface area (Å²) in [6.07, 6.45) is 4.81. The molecule has 0 aliphatic carbocycles. The van der Waals surface area contributed by atoms with Gasteiger partial charge in [-0.3, -0.25) is 33.9 Å². The molecule has 0 saturated carbocycles. The standard InChI is InChI=1S/C32H43N3O8/c1-5-26(37)13-16-42-21-32(20-41-15-12-23(4)36,22-43-17-14-27(38)6-2)35-31(40)25-9-10-28(33-19-25)24-8-11-29(34-18-24)30(39)7-3/h8-11,18-19H,5-7,12-17,20-22H2,1-4H3,(H,35,40). The second-order valence-corrected chi connectivity index (χ2v) is 10.3. The molecular weight excluding hydrogens is 554 g/mol. The highest BCUT2D eigenvalue weighted by Gasteiger charge is 2.34. The van der Waals surface area contributed by atoms with Crippen molar-refractivity contribution in [2.24, 2.45) is 0 Å². The molecule has 2 aromatic rings. The number of hydrogen-bond acceptors (Lipinski definition) is 10. The Labute approximate surface area is 253 Å². The zero-order valence-corrected chi connectivity index (χ0v) is 25.6. The minimum Gasteiger partial charge on any atom is -0.378 e. The molecule has 0 atom stereocenters. The summed E-state index contributed by atoms with van der Waals surface area (Å²) in [5.41, 5.74) is 0.739. The van der Waals surface area contributed by atoms with Crippen molar-refractivity contribution in [3.63, 3.8) is 0 Å². The maximum atomic E-state index is 13.4. The summed E-state index contributed by atoms with van der Waals surface area (Å²) >= 11 is 0. The number of nitrogens with zero attached hydrogens (tertiary/aromatic N) is 2. The Balaban J connectivity index is 2.23. The number of carbonyl (C=O) groups is 5. The maximum Gasteiger partial charge on any atom is 0.253 e. The number of ether oxygens (including phenoxy) is 3. The van der Waals surface area contributed by atoms with E-state index in [0.717, 1.165) is 0 Å². The van der Waals surface area contributed by atoms with Crippen molar-refractivity contribution in [3.8, 4) is 11.3 Å². The molecule has 43 heavy (non-hydrogen) atoms. The number of ketones is 4. The zero-order valence-electron chi connectivity index (χ0n) is 25.6. The molecule has 234 valence electrons. The van der Waals surface area contributed by atoms with E-state index in [4.69, 9.17) is 14.2 Å². The lowest BCUT2D eigenvalue weighted by atomic mass is 10.0. The van der Waals surface area contributed by atoms with Gasteiger partial charge in [0.2, 0.25) is 0 Å². The number of hydrogen-bond donors (Lipinski definition) is 1. The molecule has 0 aromatic carbocycles. The lowest BCUT2D eigenvalue weighted by Crippen LogP contribution is -2.58. The van der Waals surface area contributed by atoms with Crippen molar-refractivity contribution in [3.05, 3.63) is 47.9 Å². The Hall–Kier alpha value is -3.67. The number of aromatic nitrogens is 2. The van der Waals surface area contributed by atoms with E-state index in [2.05, 4.69) is 15.3 Å². The van der Waals surface area contributed by atoms with Gasteiger partial charge in [-0.25, -0.2) is 0 Å². The molecule has 0 saturated heterocycles. The van der Waals surface area contributed by atoms with Gasteiger partial charge >= 0.3 is 0 Å². The van der Waals surface area contributed by atoms with Crippen LogP contribution < -0.4 is 5.32 Å². The third-order valence-electron chi connectivity index (χ3n) is 6.64. The molecule has 2 aromatic heterocycles. The summed E-state index contributed by atoms with van der Waals surface area (Å²) in [6, 6.07) is 6.69. The average molecular weight is 598 g/mol. The average Bonchev–Trinajstić information content (AvgIpc) is 3.02. The van der Waals surface area contributed by atoms with Gasteiger partial charge in [-0.05, 0) is 31.2 Å². The van der Waals surface area contributed by atoms with Crippen molar-refractivity contribution < 1.29 is 38.2 Å². The predicted octanol–water partition coefficient (Wildman–Crippen LogP) is 3.97. The number of rotatable bonds is 22. The van der Waals surface area contributed by atoms with Crippen molar-refractivity contribution in [2.75, 3.05) is 39.6 Å². The van der Waals surface area contributed by atoms with Crippen LogP contribution >= 0.6 is 0 Å². The second kappa shape index (κ2) is 18.8. The quantitative estimate of drug-likeness (QED) is 0.156. The highest BCUT2D eigenvalue weighted by molar-refractivity contribution is 5.95. The fourth-order valence-electron chi connectivity index (χ4n) is 3.88. The monoisotopic (exact) mass is 597 g/mol. The maximum absolute atomic E-state index is 13.4. The smallest absolute Gasteiger partial charge is 0.253 e. The normalized spacial score (nSPS) is 11.3. The van der Waals surface area contributed by atoms with Crippen LogP contribution in [0.1, 0.15) is 87.1 Å². The number of amides is 1. The minimum atomic E-state index is -1.18. The minimum absolute atomic E-state index is 0.0302. The first-order valence-corrected chi connectivity index (χ1v) is 14.7. The van der Waals surface area contributed by atoms with E-state index in [9.17, 15) is 24.0 Å². The van der Waals surface area contributed by atoms with Crippen LogP contribution in [0, 0.1) is 0 Å². The van der Waals surface area contributed by atoms with Gasteiger partial charge in [0.1, 0.15) is 28.6 Å². The second-order valence-electron chi connectivity index (χ2n) is 10.3. The number of pyridine rings is 2. The fraction of sp³-hybridized carbons (Fsp3) is 0.531. The third kappa shape index (κ3) is 12.6. The number of Topliss-reactive ketones (excluding diaryl/α,β-unsaturated/α-hetero) is 4. The van der Waals surface area contributed by atoms with Crippen LogP contribution in [0.25, 0.3) is 11.3 Å². The van der Waals surface area contributed by atoms with Gasteiger partial charge in [0, 0.05) is 56.5 Å². The third-order valence-corrected chi connectivity index (χ3v) is 6.64. The van der Waals surface area contributed by atoms with Gasteiger partial charge < -0.3 is 19.5 Å².